The molecule has 1 heterocycles. The molecule has 0 aliphatic carbocycles. The van der Waals surface area contributed by atoms with Gasteiger partial charge in [-0.25, -0.2) is 3.89 Å². The maximum absolute atomic E-state index is 8.75. The summed E-state index contributed by atoms with van der Waals surface area (Å²) in [7, 11) is 2.04. The normalized spacial score (nSPS) is 22.2. The molecule has 0 spiro atoms. The lowest BCUT2D eigenvalue weighted by atomic mass is 10.1. The van der Waals surface area contributed by atoms with E-state index in [1.54, 1.807) is 0 Å². The lowest BCUT2D eigenvalue weighted by molar-refractivity contribution is -0.691. The van der Waals surface area contributed by atoms with E-state index in [1.165, 1.54) is 12.1 Å². The molecule has 2 rings (SSSR count). The van der Waals surface area contributed by atoms with Crippen LogP contribution in [0.2, 0.25) is 10.0 Å². The number of hydrogen-bond acceptors (Lipinski definition) is 3. The lowest BCUT2D eigenvalue weighted by Crippen LogP contribution is -2.34. The van der Waals surface area contributed by atoms with Crippen molar-refractivity contribution in [1.29, 1.82) is 5.26 Å². The van der Waals surface area contributed by atoms with Crippen molar-refractivity contribution in [2.24, 2.45) is 0 Å². The average Bonchev–Trinajstić information content (AvgIpc) is 2.70. The quantitative estimate of drug-likeness (QED) is 0.681. The summed E-state index contributed by atoms with van der Waals surface area (Å²) in [5.74, 6) is 0. The summed E-state index contributed by atoms with van der Waals surface area (Å²) < 4.78 is 3.66. The first-order valence-corrected chi connectivity index (χ1v) is 6.93. The second kappa shape index (κ2) is 5.41. The molecule has 94 valence electrons. The Morgan fingerprint density at radius 1 is 1.39 bits per heavy atom. The van der Waals surface area contributed by atoms with Gasteiger partial charge in [-0.3, -0.25) is 4.72 Å². The fourth-order valence-corrected chi connectivity index (χ4v) is 3.28. The minimum absolute atomic E-state index is 0.477. The van der Waals surface area contributed by atoms with Gasteiger partial charge >= 0.3 is 0 Å². The van der Waals surface area contributed by atoms with E-state index in [9.17, 15) is 0 Å². The highest BCUT2D eigenvalue weighted by molar-refractivity contribution is 7.92. The van der Waals surface area contributed by atoms with Crippen LogP contribution >= 0.6 is 35.3 Å². The van der Waals surface area contributed by atoms with Gasteiger partial charge in [0.15, 0.2) is 5.70 Å². The molecule has 0 amide bonds. The molecule has 1 aromatic rings. The van der Waals surface area contributed by atoms with Crippen molar-refractivity contribution >= 4 is 41.0 Å². The Bertz CT molecular complexity index is 518. The first-order chi connectivity index (χ1) is 8.58. The van der Waals surface area contributed by atoms with Gasteiger partial charge in [-0.15, -0.1) is 0 Å². The van der Waals surface area contributed by atoms with E-state index in [2.05, 4.69) is 10.8 Å². The van der Waals surface area contributed by atoms with Crippen molar-refractivity contribution in [3.05, 3.63) is 40.0 Å². The van der Waals surface area contributed by atoms with Crippen LogP contribution < -0.4 is 4.72 Å². The zero-order chi connectivity index (χ0) is 13.2. The van der Waals surface area contributed by atoms with Crippen LogP contribution in [0.3, 0.4) is 0 Å². The molecule has 1 N–H and O–H groups in total. The Labute approximate surface area is 121 Å². The van der Waals surface area contributed by atoms with E-state index in [-0.39, 0.29) is 0 Å². The highest BCUT2D eigenvalue weighted by atomic mass is 35.5. The Morgan fingerprint density at radius 2 is 2.06 bits per heavy atom. The molecular weight excluding hydrogens is 289 g/mol. The maximum atomic E-state index is 8.75. The lowest BCUT2D eigenvalue weighted by Gasteiger charge is -2.27. The van der Waals surface area contributed by atoms with E-state index >= 15 is 0 Å². The van der Waals surface area contributed by atoms with E-state index in [0.717, 1.165) is 11.3 Å². The summed E-state index contributed by atoms with van der Waals surface area (Å²) in [5.41, 5.74) is 1.82. The number of nitrogens with one attached hydrogen (secondary N) is 1. The van der Waals surface area contributed by atoms with Crippen LogP contribution in [0.4, 0.5) is 0 Å². The van der Waals surface area contributed by atoms with Crippen LogP contribution in [0, 0.1) is 11.3 Å². The summed E-state index contributed by atoms with van der Waals surface area (Å²) in [5, 5.41) is 9.99. The standard InChI is InChI=1S/C12H12Cl2N3S/c1-17(7-3-6-15)11(8-16-18-17)12-9(13)4-2-5-10(12)14/h2,4-5,8,16H,3,7H2,1H3/q+1. The molecule has 1 aliphatic rings. The number of benzene rings is 1. The fourth-order valence-electron chi connectivity index (χ4n) is 1.86. The summed E-state index contributed by atoms with van der Waals surface area (Å²) >= 11 is 14.0. The third kappa shape index (κ3) is 2.45. The van der Waals surface area contributed by atoms with E-state index in [4.69, 9.17) is 28.5 Å². The molecule has 1 unspecified atom stereocenters. The minimum Gasteiger partial charge on any atom is -0.282 e. The van der Waals surface area contributed by atoms with Crippen LogP contribution in [0.15, 0.2) is 24.4 Å². The second-order valence-corrected chi connectivity index (χ2v) is 6.11. The van der Waals surface area contributed by atoms with Crippen molar-refractivity contribution in [2.45, 2.75) is 6.42 Å². The number of hydrogen-bond donors (Lipinski definition) is 1. The van der Waals surface area contributed by atoms with Gasteiger partial charge in [0.2, 0.25) is 12.1 Å². The molecule has 1 atom stereocenters. The number of halogens is 2. The largest absolute Gasteiger partial charge is 0.282 e. The molecule has 1 aliphatic heterocycles. The van der Waals surface area contributed by atoms with Gasteiger partial charge in [0.05, 0.1) is 41.3 Å². The average molecular weight is 301 g/mol. The van der Waals surface area contributed by atoms with Crippen molar-refractivity contribution in [2.75, 3.05) is 13.6 Å². The van der Waals surface area contributed by atoms with Gasteiger partial charge in [-0.05, 0) is 12.1 Å². The summed E-state index contributed by atoms with van der Waals surface area (Å²) in [6.45, 7) is 0.696. The van der Waals surface area contributed by atoms with Crippen molar-refractivity contribution in [1.82, 2.24) is 4.72 Å². The molecule has 0 fully saturated rings. The van der Waals surface area contributed by atoms with Gasteiger partial charge in [-0.2, -0.15) is 5.26 Å². The maximum Gasteiger partial charge on any atom is 0.203 e. The van der Waals surface area contributed by atoms with Gasteiger partial charge in [0.25, 0.3) is 0 Å². The first kappa shape index (κ1) is 13.6. The molecule has 0 radical (unpaired) electrons. The third-order valence-corrected chi connectivity index (χ3v) is 4.46. The molecule has 3 nitrogen and oxygen atoms in total. The molecule has 18 heavy (non-hydrogen) atoms. The van der Waals surface area contributed by atoms with Crippen molar-refractivity contribution < 1.29 is 3.89 Å². The fraction of sp³-hybridized carbons (Fsp3) is 0.250. The molecule has 1 aromatic carbocycles. The van der Waals surface area contributed by atoms with E-state index in [1.807, 2.05) is 31.4 Å². The third-order valence-electron chi connectivity index (χ3n) is 2.83. The number of quaternary nitrogens is 1. The Hall–Kier alpha value is -0.860. The monoisotopic (exact) mass is 300 g/mol. The molecule has 0 aromatic heterocycles. The van der Waals surface area contributed by atoms with E-state index in [0.29, 0.717) is 26.9 Å². The zero-order valence-corrected chi connectivity index (χ0v) is 12.1. The highest BCUT2D eigenvalue weighted by Crippen LogP contribution is 2.42. The smallest absolute Gasteiger partial charge is 0.203 e. The highest BCUT2D eigenvalue weighted by Gasteiger charge is 2.37. The first-order valence-electron chi connectivity index (χ1n) is 5.40. The predicted octanol–water partition coefficient (Wildman–Crippen LogP) is 3.82. The molecule has 0 saturated carbocycles. The van der Waals surface area contributed by atoms with Gasteiger partial charge in [0, 0.05) is 0 Å². The summed E-state index contributed by atoms with van der Waals surface area (Å²) in [6, 6.07) is 7.64. The van der Waals surface area contributed by atoms with Crippen LogP contribution in [-0.4, -0.2) is 17.5 Å². The Morgan fingerprint density at radius 3 is 2.67 bits per heavy atom. The molecule has 0 bridgehead atoms. The zero-order valence-electron chi connectivity index (χ0n) is 9.78. The van der Waals surface area contributed by atoms with Crippen molar-refractivity contribution in [3.8, 4) is 6.07 Å². The number of rotatable bonds is 3. The van der Waals surface area contributed by atoms with Gasteiger partial charge in [0.1, 0.15) is 6.54 Å². The predicted molar refractivity (Wildman–Crippen MR) is 76.4 cm³/mol. The molecule has 6 heteroatoms. The van der Waals surface area contributed by atoms with Crippen LogP contribution in [-0.2, 0) is 0 Å². The van der Waals surface area contributed by atoms with Gasteiger partial charge < -0.3 is 0 Å². The topological polar surface area (TPSA) is 35.8 Å². The number of nitriles is 1. The Kier molecular flexibility index (Phi) is 4.08. The van der Waals surface area contributed by atoms with Crippen LogP contribution in [0.1, 0.15) is 12.0 Å². The summed E-state index contributed by atoms with van der Waals surface area (Å²) in [6.07, 6.45) is 2.37. The SMILES string of the molecule is C[N+]1(CCC#N)SNC=C1c1c(Cl)cccc1Cl. The summed E-state index contributed by atoms with van der Waals surface area (Å²) in [4.78, 5) is 0. The Balaban J connectivity index is 2.41. The second-order valence-electron chi connectivity index (χ2n) is 4.07. The minimum atomic E-state index is 0.477. The van der Waals surface area contributed by atoms with E-state index < -0.39 is 0 Å². The van der Waals surface area contributed by atoms with Crippen LogP contribution in [0.25, 0.3) is 5.70 Å². The molecular formula is C12H12Cl2N3S+. The van der Waals surface area contributed by atoms with Crippen molar-refractivity contribution in [3.63, 3.8) is 0 Å². The number of nitrogens with zero attached hydrogens (tertiary/aromatic N) is 2. The van der Waals surface area contributed by atoms with Crippen LogP contribution in [0.5, 0.6) is 0 Å². The van der Waals surface area contributed by atoms with Gasteiger partial charge in [-0.1, -0.05) is 29.3 Å². The molecule has 0 saturated heterocycles.